The number of carbonyl (C=O) groups is 2. The standard InChI is InChI=1S/C11H10Br2O4/c12-5-4-8(14)6-2-1-3-7(9(6)13)10(15)11(16)17/h1-3,10,15H,4-5H2,(H,16,17). The van der Waals surface area contributed by atoms with Gasteiger partial charge in [0.1, 0.15) is 0 Å². The van der Waals surface area contributed by atoms with Gasteiger partial charge < -0.3 is 10.2 Å². The van der Waals surface area contributed by atoms with Crippen molar-refractivity contribution >= 4 is 43.6 Å². The minimum absolute atomic E-state index is 0.117. The molecule has 1 atom stereocenters. The maximum absolute atomic E-state index is 11.7. The molecule has 0 aliphatic rings. The molecular formula is C11H10Br2O4. The first kappa shape index (κ1) is 14.3. The maximum Gasteiger partial charge on any atom is 0.337 e. The second kappa shape index (κ2) is 6.28. The monoisotopic (exact) mass is 364 g/mol. The van der Waals surface area contributed by atoms with E-state index in [0.29, 0.717) is 21.8 Å². The Morgan fingerprint density at radius 1 is 1.35 bits per heavy atom. The quantitative estimate of drug-likeness (QED) is 0.621. The van der Waals surface area contributed by atoms with Gasteiger partial charge in [0, 0.05) is 27.4 Å². The van der Waals surface area contributed by atoms with E-state index in [1.165, 1.54) is 6.07 Å². The number of ketones is 1. The zero-order valence-corrected chi connectivity index (χ0v) is 11.9. The molecule has 0 radical (unpaired) electrons. The Kier molecular flexibility index (Phi) is 5.30. The number of Topliss-reactive ketones (excluding diaryl/α,β-unsaturated/α-hetero) is 1. The lowest BCUT2D eigenvalue weighted by atomic mass is 10.0. The van der Waals surface area contributed by atoms with Crippen LogP contribution in [0.1, 0.15) is 28.4 Å². The van der Waals surface area contributed by atoms with Crippen molar-refractivity contribution in [2.24, 2.45) is 0 Å². The van der Waals surface area contributed by atoms with E-state index < -0.39 is 12.1 Å². The fourth-order valence-electron chi connectivity index (χ4n) is 1.33. The molecule has 2 N–H and O–H groups in total. The highest BCUT2D eigenvalue weighted by Gasteiger charge is 2.21. The van der Waals surface area contributed by atoms with Gasteiger partial charge in [-0.05, 0) is 15.9 Å². The second-order valence-electron chi connectivity index (χ2n) is 3.31. The molecule has 0 spiro atoms. The largest absolute Gasteiger partial charge is 0.479 e. The Bertz CT molecular complexity index is 445. The fraction of sp³-hybridized carbons (Fsp3) is 0.273. The molecule has 0 aromatic heterocycles. The molecule has 17 heavy (non-hydrogen) atoms. The molecule has 0 aliphatic carbocycles. The summed E-state index contributed by atoms with van der Waals surface area (Å²) in [6.45, 7) is 0. The molecule has 0 fully saturated rings. The molecule has 0 amide bonds. The molecule has 92 valence electrons. The van der Waals surface area contributed by atoms with Crippen molar-refractivity contribution in [3.8, 4) is 0 Å². The van der Waals surface area contributed by atoms with Crippen molar-refractivity contribution in [2.45, 2.75) is 12.5 Å². The number of hydrogen-bond donors (Lipinski definition) is 2. The van der Waals surface area contributed by atoms with Crippen LogP contribution in [0.4, 0.5) is 0 Å². The van der Waals surface area contributed by atoms with Crippen LogP contribution in [0.2, 0.25) is 0 Å². The molecular weight excluding hydrogens is 356 g/mol. The van der Waals surface area contributed by atoms with Gasteiger partial charge in [0.05, 0.1) is 0 Å². The highest BCUT2D eigenvalue weighted by Crippen LogP contribution is 2.28. The number of carboxylic acid groups (broad SMARTS) is 1. The van der Waals surface area contributed by atoms with Crippen LogP contribution >= 0.6 is 31.9 Å². The van der Waals surface area contributed by atoms with E-state index in [2.05, 4.69) is 31.9 Å². The van der Waals surface area contributed by atoms with Gasteiger partial charge in [0.25, 0.3) is 0 Å². The molecule has 1 aromatic carbocycles. The van der Waals surface area contributed by atoms with Gasteiger partial charge in [-0.1, -0.05) is 34.1 Å². The van der Waals surface area contributed by atoms with Crippen LogP contribution in [-0.2, 0) is 4.79 Å². The molecule has 4 nitrogen and oxygen atoms in total. The van der Waals surface area contributed by atoms with Gasteiger partial charge in [0.15, 0.2) is 11.9 Å². The Labute approximate surface area is 115 Å². The number of rotatable bonds is 5. The third-order valence-electron chi connectivity index (χ3n) is 2.18. The number of carbonyl (C=O) groups excluding carboxylic acids is 1. The Hall–Kier alpha value is -0.720. The summed E-state index contributed by atoms with van der Waals surface area (Å²) in [5, 5.41) is 18.7. The molecule has 1 rings (SSSR count). The van der Waals surface area contributed by atoms with E-state index in [-0.39, 0.29) is 11.3 Å². The molecule has 0 saturated heterocycles. The molecule has 0 bridgehead atoms. The number of benzene rings is 1. The third kappa shape index (κ3) is 3.37. The van der Waals surface area contributed by atoms with Gasteiger partial charge in [-0.25, -0.2) is 4.79 Å². The van der Waals surface area contributed by atoms with E-state index in [9.17, 15) is 14.7 Å². The van der Waals surface area contributed by atoms with Gasteiger partial charge in [-0.3, -0.25) is 4.79 Å². The van der Waals surface area contributed by atoms with Crippen LogP contribution in [0.25, 0.3) is 0 Å². The number of aliphatic carboxylic acids is 1. The molecule has 6 heteroatoms. The molecule has 0 aliphatic heterocycles. The SMILES string of the molecule is O=C(CCBr)c1cccc(C(O)C(=O)O)c1Br. The average Bonchev–Trinajstić information content (AvgIpc) is 2.28. The first-order valence-corrected chi connectivity index (χ1v) is 6.69. The second-order valence-corrected chi connectivity index (χ2v) is 4.90. The van der Waals surface area contributed by atoms with Crippen molar-refractivity contribution in [3.05, 3.63) is 33.8 Å². The number of alkyl halides is 1. The summed E-state index contributed by atoms with van der Waals surface area (Å²) in [6, 6.07) is 4.61. The van der Waals surface area contributed by atoms with Crippen molar-refractivity contribution in [1.29, 1.82) is 0 Å². The van der Waals surface area contributed by atoms with E-state index >= 15 is 0 Å². The molecule has 1 unspecified atom stereocenters. The highest BCUT2D eigenvalue weighted by molar-refractivity contribution is 9.10. The molecule has 1 aromatic rings. The minimum atomic E-state index is -1.64. The summed E-state index contributed by atoms with van der Waals surface area (Å²) in [5.41, 5.74) is 0.556. The van der Waals surface area contributed by atoms with Gasteiger partial charge in [-0.2, -0.15) is 0 Å². The zero-order valence-electron chi connectivity index (χ0n) is 8.69. The van der Waals surface area contributed by atoms with Crippen molar-refractivity contribution in [3.63, 3.8) is 0 Å². The minimum Gasteiger partial charge on any atom is -0.479 e. The van der Waals surface area contributed by atoms with Crippen LogP contribution in [0.3, 0.4) is 0 Å². The van der Waals surface area contributed by atoms with Crippen LogP contribution in [0.5, 0.6) is 0 Å². The topological polar surface area (TPSA) is 74.6 Å². The van der Waals surface area contributed by atoms with E-state index in [0.717, 1.165) is 0 Å². The number of halogens is 2. The Balaban J connectivity index is 3.15. The van der Waals surface area contributed by atoms with E-state index in [1.807, 2.05) is 0 Å². The summed E-state index contributed by atoms with van der Waals surface area (Å²) >= 11 is 6.32. The van der Waals surface area contributed by atoms with E-state index in [4.69, 9.17) is 5.11 Å². The fourth-order valence-corrected chi connectivity index (χ4v) is 2.39. The summed E-state index contributed by atoms with van der Waals surface area (Å²) < 4.78 is 0.334. The van der Waals surface area contributed by atoms with Crippen LogP contribution in [0, 0.1) is 0 Å². The van der Waals surface area contributed by atoms with Crippen molar-refractivity contribution in [2.75, 3.05) is 5.33 Å². The smallest absolute Gasteiger partial charge is 0.337 e. The lowest BCUT2D eigenvalue weighted by Crippen LogP contribution is -2.12. The highest BCUT2D eigenvalue weighted by atomic mass is 79.9. The lowest BCUT2D eigenvalue weighted by molar-refractivity contribution is -0.147. The number of hydrogen-bond acceptors (Lipinski definition) is 3. The number of aliphatic hydroxyl groups excluding tert-OH is 1. The Morgan fingerprint density at radius 2 is 2.00 bits per heavy atom. The number of aliphatic hydroxyl groups is 1. The normalized spacial score (nSPS) is 12.2. The summed E-state index contributed by atoms with van der Waals surface area (Å²) in [6.07, 6.45) is -1.33. The summed E-state index contributed by atoms with van der Waals surface area (Å²) in [7, 11) is 0. The Morgan fingerprint density at radius 3 is 2.53 bits per heavy atom. The molecule has 0 heterocycles. The van der Waals surface area contributed by atoms with E-state index in [1.54, 1.807) is 12.1 Å². The third-order valence-corrected chi connectivity index (χ3v) is 3.46. The predicted octanol–water partition coefficient (Wildman–Crippen LogP) is 2.53. The van der Waals surface area contributed by atoms with Crippen LogP contribution in [-0.4, -0.2) is 27.3 Å². The van der Waals surface area contributed by atoms with Gasteiger partial charge in [-0.15, -0.1) is 0 Å². The van der Waals surface area contributed by atoms with Crippen molar-refractivity contribution < 1.29 is 19.8 Å². The first-order chi connectivity index (χ1) is 7.99. The maximum atomic E-state index is 11.7. The van der Waals surface area contributed by atoms with Crippen molar-refractivity contribution in [1.82, 2.24) is 0 Å². The van der Waals surface area contributed by atoms with Crippen LogP contribution < -0.4 is 0 Å². The summed E-state index contributed by atoms with van der Waals surface area (Å²) in [5.74, 6) is -1.47. The first-order valence-electron chi connectivity index (χ1n) is 4.77. The summed E-state index contributed by atoms with van der Waals surface area (Å²) in [4.78, 5) is 22.4. The predicted molar refractivity (Wildman–Crippen MR) is 69.5 cm³/mol. The average molecular weight is 366 g/mol. The zero-order chi connectivity index (χ0) is 13.0. The number of carboxylic acids is 1. The lowest BCUT2D eigenvalue weighted by Gasteiger charge is -2.11. The van der Waals surface area contributed by atoms with Gasteiger partial charge >= 0.3 is 5.97 Å². The van der Waals surface area contributed by atoms with Crippen LogP contribution in [0.15, 0.2) is 22.7 Å². The van der Waals surface area contributed by atoms with Gasteiger partial charge in [0.2, 0.25) is 0 Å². The molecule has 0 saturated carbocycles.